The third-order valence-corrected chi connectivity index (χ3v) is 9.00. The van der Waals surface area contributed by atoms with E-state index in [1.165, 1.54) is 16.3 Å². The number of aliphatic hydroxyl groups excluding tert-OH is 1. The molecule has 0 saturated carbocycles. The minimum absolute atomic E-state index is 0.0874. The van der Waals surface area contributed by atoms with Crippen molar-refractivity contribution >= 4 is 15.6 Å². The number of hydrogen-bond donors (Lipinski definition) is 1. The highest BCUT2D eigenvalue weighted by atomic mass is 32.2. The monoisotopic (exact) mass is 499 g/mol. The van der Waals surface area contributed by atoms with Gasteiger partial charge in [-0.1, -0.05) is 25.1 Å². The van der Waals surface area contributed by atoms with Gasteiger partial charge in [0.1, 0.15) is 16.7 Å². The largest absolute Gasteiger partial charge is 0.487 e. The summed E-state index contributed by atoms with van der Waals surface area (Å²) in [6.45, 7) is 5.09. The number of sulfonamides is 1. The number of aliphatic hydroxyl groups is 1. The van der Waals surface area contributed by atoms with Crippen LogP contribution in [0.4, 0.5) is 0 Å². The van der Waals surface area contributed by atoms with Crippen LogP contribution in [0.2, 0.25) is 0 Å². The van der Waals surface area contributed by atoms with Crippen LogP contribution in [0.25, 0.3) is 5.57 Å². The Kier molecular flexibility index (Phi) is 8.27. The predicted octanol–water partition coefficient (Wildman–Crippen LogP) is 3.94. The Morgan fingerprint density at radius 3 is 2.77 bits per heavy atom. The van der Waals surface area contributed by atoms with E-state index in [0.717, 1.165) is 30.5 Å². The van der Waals surface area contributed by atoms with Gasteiger partial charge in [0.2, 0.25) is 10.0 Å². The fourth-order valence-corrected chi connectivity index (χ4v) is 6.71. The molecule has 35 heavy (non-hydrogen) atoms. The highest BCUT2D eigenvalue weighted by Crippen LogP contribution is 2.37. The minimum atomic E-state index is -3.83. The fourth-order valence-electron chi connectivity index (χ4n) is 4.88. The number of rotatable bonds is 7. The molecule has 0 radical (unpaired) electrons. The van der Waals surface area contributed by atoms with Gasteiger partial charge in [0.25, 0.3) is 0 Å². The van der Waals surface area contributed by atoms with Crippen LogP contribution in [-0.4, -0.2) is 66.6 Å². The lowest BCUT2D eigenvalue weighted by Crippen LogP contribution is -2.49. The molecule has 3 atom stereocenters. The van der Waals surface area contributed by atoms with Crippen LogP contribution in [-0.2, 0) is 16.6 Å². The number of aromatic nitrogens is 1. The highest BCUT2D eigenvalue weighted by Gasteiger charge is 2.38. The molecule has 1 aliphatic heterocycles. The molecule has 1 aliphatic carbocycles. The van der Waals surface area contributed by atoms with Crippen LogP contribution in [0.1, 0.15) is 50.8 Å². The van der Waals surface area contributed by atoms with Crippen LogP contribution >= 0.6 is 0 Å². The highest BCUT2D eigenvalue weighted by molar-refractivity contribution is 7.89. The lowest BCUT2D eigenvalue weighted by Gasteiger charge is -2.37. The van der Waals surface area contributed by atoms with Crippen molar-refractivity contribution in [3.63, 3.8) is 0 Å². The van der Waals surface area contributed by atoms with Crippen molar-refractivity contribution in [3.05, 3.63) is 59.9 Å². The molecular formula is C27H37N3O4S. The van der Waals surface area contributed by atoms with Crippen molar-refractivity contribution in [2.24, 2.45) is 5.92 Å². The van der Waals surface area contributed by atoms with Gasteiger partial charge >= 0.3 is 0 Å². The number of likely N-dealkylation sites (N-methyl/N-ethyl adjacent to an activating group) is 1. The molecule has 0 bridgehead atoms. The molecule has 0 spiro atoms. The Balaban J connectivity index is 1.69. The van der Waals surface area contributed by atoms with Gasteiger partial charge in [0.15, 0.2) is 0 Å². The second kappa shape index (κ2) is 11.2. The summed E-state index contributed by atoms with van der Waals surface area (Å²) in [4.78, 5) is 6.75. The average Bonchev–Trinajstić information content (AvgIpc) is 2.86. The first-order valence-corrected chi connectivity index (χ1v) is 13.9. The van der Waals surface area contributed by atoms with Crippen LogP contribution < -0.4 is 4.74 Å². The normalized spacial score (nSPS) is 23.5. The first kappa shape index (κ1) is 25.8. The van der Waals surface area contributed by atoms with Crippen molar-refractivity contribution in [3.8, 4) is 5.75 Å². The molecule has 190 valence electrons. The molecule has 2 aromatic rings. The number of allylic oxidation sites excluding steroid dienone is 2. The van der Waals surface area contributed by atoms with Crippen molar-refractivity contribution in [2.45, 2.75) is 63.1 Å². The van der Waals surface area contributed by atoms with Gasteiger partial charge in [-0.15, -0.1) is 0 Å². The van der Waals surface area contributed by atoms with Gasteiger partial charge in [-0.2, -0.15) is 4.31 Å². The van der Waals surface area contributed by atoms with Gasteiger partial charge in [-0.05, 0) is 75.1 Å². The Bertz CT molecular complexity index is 1140. The molecule has 0 amide bonds. The van der Waals surface area contributed by atoms with Crippen LogP contribution in [0.5, 0.6) is 5.75 Å². The smallest absolute Gasteiger partial charge is 0.247 e. The van der Waals surface area contributed by atoms with Crippen LogP contribution in [0, 0.1) is 5.92 Å². The number of hydrogen-bond acceptors (Lipinski definition) is 6. The van der Waals surface area contributed by atoms with E-state index in [9.17, 15) is 13.5 Å². The molecule has 2 heterocycles. The average molecular weight is 500 g/mol. The molecular weight excluding hydrogens is 462 g/mol. The Morgan fingerprint density at radius 2 is 2.09 bits per heavy atom. The van der Waals surface area contributed by atoms with Gasteiger partial charge in [0.05, 0.1) is 12.3 Å². The third kappa shape index (κ3) is 5.94. The molecule has 2 aliphatic rings. The fraction of sp³-hybridized carbons (Fsp3) is 0.519. The van der Waals surface area contributed by atoms with Crippen molar-refractivity contribution in [1.29, 1.82) is 0 Å². The van der Waals surface area contributed by atoms with E-state index < -0.39 is 16.1 Å². The van der Waals surface area contributed by atoms with Crippen LogP contribution in [0.3, 0.4) is 0 Å². The Hall–Kier alpha value is -2.26. The van der Waals surface area contributed by atoms with Gasteiger partial charge < -0.3 is 9.84 Å². The van der Waals surface area contributed by atoms with E-state index in [2.05, 4.69) is 16.0 Å². The predicted molar refractivity (Wildman–Crippen MR) is 137 cm³/mol. The first-order chi connectivity index (χ1) is 16.8. The van der Waals surface area contributed by atoms with E-state index in [1.54, 1.807) is 19.2 Å². The topological polar surface area (TPSA) is 83.0 Å². The second-order valence-corrected chi connectivity index (χ2v) is 11.8. The summed E-state index contributed by atoms with van der Waals surface area (Å²) in [6.07, 6.45) is 8.18. The zero-order chi connectivity index (χ0) is 25.0. The van der Waals surface area contributed by atoms with E-state index in [0.29, 0.717) is 18.8 Å². The summed E-state index contributed by atoms with van der Waals surface area (Å²) in [5.74, 6) is 0.308. The molecule has 1 N–H and O–H groups in total. The van der Waals surface area contributed by atoms with Crippen molar-refractivity contribution in [1.82, 2.24) is 14.2 Å². The Labute approximate surface area is 209 Å². The van der Waals surface area contributed by atoms with Crippen molar-refractivity contribution < 1.29 is 18.3 Å². The summed E-state index contributed by atoms with van der Waals surface area (Å²) in [5.41, 5.74) is 3.24. The maximum Gasteiger partial charge on any atom is 0.247 e. The second-order valence-electron chi connectivity index (χ2n) is 9.89. The molecule has 7 nitrogen and oxygen atoms in total. The number of pyridine rings is 1. The molecule has 8 heteroatoms. The number of nitrogens with zero attached hydrogens (tertiary/aromatic N) is 3. The summed E-state index contributed by atoms with van der Waals surface area (Å²) >= 11 is 0. The zero-order valence-electron chi connectivity index (χ0n) is 20.9. The molecule has 0 saturated heterocycles. The van der Waals surface area contributed by atoms with Crippen LogP contribution in [0.15, 0.2) is 53.6 Å². The van der Waals surface area contributed by atoms with E-state index >= 15 is 0 Å². The summed E-state index contributed by atoms with van der Waals surface area (Å²) in [7, 11) is -1.80. The summed E-state index contributed by atoms with van der Waals surface area (Å²) in [6, 6.07) is 10.8. The molecule has 0 unspecified atom stereocenters. The Morgan fingerprint density at radius 1 is 1.26 bits per heavy atom. The molecule has 4 rings (SSSR count). The lowest BCUT2D eigenvalue weighted by molar-refractivity contribution is 0.0730. The van der Waals surface area contributed by atoms with E-state index in [1.807, 2.05) is 44.3 Å². The molecule has 1 aromatic heterocycles. The van der Waals surface area contributed by atoms with Gasteiger partial charge in [0, 0.05) is 37.8 Å². The SMILES string of the molecule is C[C@@H]1CN([C@@H](C)CO)S(=O)(=O)c2ccc(C3=CCCCC3)cc2O[C@@H]1CN(C)Cc1ccccn1. The minimum Gasteiger partial charge on any atom is -0.487 e. The maximum atomic E-state index is 13.7. The quantitative estimate of drug-likeness (QED) is 0.621. The standard InChI is InChI=1S/C27H37N3O4S/c1-20-16-30(21(2)19-31)35(32,33)27-13-12-23(22-9-5-4-6-10-22)15-25(27)34-26(20)18-29(3)17-24-11-7-8-14-28-24/h7-9,11-15,20-21,26,31H,4-6,10,16-19H2,1-3H3/t20-,21+,26-/m1/s1. The molecule has 0 fully saturated rings. The summed E-state index contributed by atoms with van der Waals surface area (Å²) < 4.78 is 35.3. The van der Waals surface area contributed by atoms with Gasteiger partial charge in [-0.3, -0.25) is 9.88 Å². The molecule has 1 aromatic carbocycles. The lowest BCUT2D eigenvalue weighted by atomic mass is 9.93. The zero-order valence-corrected chi connectivity index (χ0v) is 21.7. The van der Waals surface area contributed by atoms with Crippen molar-refractivity contribution in [2.75, 3.05) is 26.7 Å². The van der Waals surface area contributed by atoms with Gasteiger partial charge in [-0.25, -0.2) is 8.42 Å². The number of fused-ring (bicyclic) bond motifs is 1. The first-order valence-electron chi connectivity index (χ1n) is 12.5. The summed E-state index contributed by atoms with van der Waals surface area (Å²) in [5, 5.41) is 9.85. The van der Waals surface area contributed by atoms with E-state index in [-0.39, 0.29) is 30.1 Å². The number of ether oxygens (including phenoxy) is 1. The van der Waals surface area contributed by atoms with E-state index in [4.69, 9.17) is 4.74 Å². The maximum absolute atomic E-state index is 13.7. The number of benzene rings is 1. The third-order valence-electron chi connectivity index (χ3n) is 6.98.